The molecular formula is C12H11F2NO. The minimum Gasteiger partial charge on any atom is -0.323 e. The molecule has 1 aromatic rings. The smallest absolute Gasteiger partial charge is 0.228 e. The van der Waals surface area contributed by atoms with Gasteiger partial charge >= 0.3 is 0 Å². The molecule has 0 aromatic heterocycles. The summed E-state index contributed by atoms with van der Waals surface area (Å²) in [6.07, 6.45) is 2.71. The van der Waals surface area contributed by atoms with E-state index in [-0.39, 0.29) is 17.7 Å². The summed E-state index contributed by atoms with van der Waals surface area (Å²) < 4.78 is 26.3. The molecule has 2 nitrogen and oxygen atoms in total. The van der Waals surface area contributed by atoms with Gasteiger partial charge in [0.15, 0.2) is 0 Å². The Kier molecular flexibility index (Phi) is 3.94. The molecule has 0 aliphatic rings. The summed E-state index contributed by atoms with van der Waals surface area (Å²) in [6, 6.07) is 1.90. The zero-order valence-corrected chi connectivity index (χ0v) is 8.59. The number of anilines is 1. The highest BCUT2D eigenvalue weighted by atomic mass is 19.1. The van der Waals surface area contributed by atoms with Gasteiger partial charge < -0.3 is 5.32 Å². The summed E-state index contributed by atoms with van der Waals surface area (Å²) in [5.41, 5.74) is 0.0680. The number of benzene rings is 1. The number of amides is 1. The summed E-state index contributed by atoms with van der Waals surface area (Å²) in [5.74, 6) is -1.94. The van der Waals surface area contributed by atoms with Crippen molar-refractivity contribution in [2.75, 3.05) is 5.32 Å². The van der Waals surface area contributed by atoms with Crippen LogP contribution >= 0.6 is 0 Å². The molecule has 0 fully saturated rings. The standard InChI is InChI=1S/C12H11F2NO/c1-3-5-12(16)15-11-6-8(4-2)9(13)7-10(11)14/h3-4,6-7H,1-2,5H2,(H,15,16). The van der Waals surface area contributed by atoms with Crippen LogP contribution in [-0.4, -0.2) is 5.91 Å². The van der Waals surface area contributed by atoms with Crippen LogP contribution in [0.1, 0.15) is 12.0 Å². The van der Waals surface area contributed by atoms with E-state index in [0.29, 0.717) is 6.07 Å². The van der Waals surface area contributed by atoms with Crippen molar-refractivity contribution in [1.82, 2.24) is 0 Å². The van der Waals surface area contributed by atoms with Crippen LogP contribution in [0.3, 0.4) is 0 Å². The lowest BCUT2D eigenvalue weighted by atomic mass is 10.1. The van der Waals surface area contributed by atoms with E-state index in [2.05, 4.69) is 18.5 Å². The van der Waals surface area contributed by atoms with E-state index in [0.717, 1.165) is 0 Å². The molecule has 16 heavy (non-hydrogen) atoms. The third-order valence-electron chi connectivity index (χ3n) is 1.91. The van der Waals surface area contributed by atoms with E-state index in [1.54, 1.807) is 0 Å². The lowest BCUT2D eigenvalue weighted by Crippen LogP contribution is -2.11. The van der Waals surface area contributed by atoms with Crippen molar-refractivity contribution in [1.29, 1.82) is 0 Å². The lowest BCUT2D eigenvalue weighted by molar-refractivity contribution is -0.115. The number of halogens is 2. The van der Waals surface area contributed by atoms with Crippen molar-refractivity contribution >= 4 is 17.7 Å². The Hall–Kier alpha value is -1.97. The van der Waals surface area contributed by atoms with E-state index >= 15 is 0 Å². The van der Waals surface area contributed by atoms with Crippen molar-refractivity contribution < 1.29 is 13.6 Å². The second-order valence-electron chi connectivity index (χ2n) is 3.10. The average molecular weight is 223 g/mol. The SMILES string of the molecule is C=CCC(=O)Nc1cc(C=C)c(F)cc1F. The predicted molar refractivity (Wildman–Crippen MR) is 59.9 cm³/mol. The number of hydrogen-bond acceptors (Lipinski definition) is 1. The monoisotopic (exact) mass is 223 g/mol. The molecule has 84 valence electrons. The fraction of sp³-hybridized carbons (Fsp3) is 0.0833. The van der Waals surface area contributed by atoms with Crippen molar-refractivity contribution in [3.8, 4) is 0 Å². The third-order valence-corrected chi connectivity index (χ3v) is 1.91. The van der Waals surface area contributed by atoms with Crippen LogP contribution in [0.2, 0.25) is 0 Å². The molecule has 0 bridgehead atoms. The summed E-state index contributed by atoms with van der Waals surface area (Å²) in [5, 5.41) is 2.31. The van der Waals surface area contributed by atoms with Gasteiger partial charge in [-0.1, -0.05) is 18.7 Å². The molecule has 0 aliphatic heterocycles. The van der Waals surface area contributed by atoms with E-state index in [1.807, 2.05) is 0 Å². The Morgan fingerprint density at radius 3 is 2.56 bits per heavy atom. The van der Waals surface area contributed by atoms with Gasteiger partial charge in [0.25, 0.3) is 0 Å². The molecule has 1 aromatic carbocycles. The van der Waals surface area contributed by atoms with Crippen LogP contribution in [-0.2, 0) is 4.79 Å². The van der Waals surface area contributed by atoms with E-state index < -0.39 is 17.5 Å². The number of carbonyl (C=O) groups excluding carboxylic acids is 1. The number of rotatable bonds is 4. The zero-order valence-electron chi connectivity index (χ0n) is 8.59. The normalized spacial score (nSPS) is 9.62. The molecule has 0 heterocycles. The fourth-order valence-electron chi connectivity index (χ4n) is 1.15. The second kappa shape index (κ2) is 5.21. The van der Waals surface area contributed by atoms with Gasteiger partial charge in [0.05, 0.1) is 5.69 Å². The van der Waals surface area contributed by atoms with Crippen molar-refractivity contribution in [2.24, 2.45) is 0 Å². The minimum absolute atomic E-state index is 0.0665. The fourth-order valence-corrected chi connectivity index (χ4v) is 1.15. The van der Waals surface area contributed by atoms with Gasteiger partial charge in [-0.05, 0) is 6.07 Å². The first-order valence-electron chi connectivity index (χ1n) is 4.60. The van der Waals surface area contributed by atoms with Crippen molar-refractivity contribution in [3.05, 3.63) is 48.6 Å². The number of hydrogen-bond donors (Lipinski definition) is 1. The van der Waals surface area contributed by atoms with Gasteiger partial charge in [0.2, 0.25) is 5.91 Å². The predicted octanol–water partition coefficient (Wildman–Crippen LogP) is 3.12. The molecule has 0 unspecified atom stereocenters. The topological polar surface area (TPSA) is 29.1 Å². The van der Waals surface area contributed by atoms with Gasteiger partial charge in [0, 0.05) is 18.1 Å². The van der Waals surface area contributed by atoms with Crippen molar-refractivity contribution in [3.63, 3.8) is 0 Å². The Morgan fingerprint density at radius 2 is 2.00 bits per heavy atom. The largest absolute Gasteiger partial charge is 0.323 e. The highest BCUT2D eigenvalue weighted by Gasteiger charge is 2.09. The Bertz CT molecular complexity index is 441. The summed E-state index contributed by atoms with van der Waals surface area (Å²) in [6.45, 7) is 6.77. The van der Waals surface area contributed by atoms with Gasteiger partial charge in [-0.15, -0.1) is 6.58 Å². The first kappa shape index (κ1) is 12.1. The van der Waals surface area contributed by atoms with Gasteiger partial charge in [-0.2, -0.15) is 0 Å². The maximum absolute atomic E-state index is 13.3. The lowest BCUT2D eigenvalue weighted by Gasteiger charge is -2.07. The van der Waals surface area contributed by atoms with Crippen LogP contribution in [0.4, 0.5) is 14.5 Å². The van der Waals surface area contributed by atoms with Gasteiger partial charge in [-0.3, -0.25) is 4.79 Å². The highest BCUT2D eigenvalue weighted by molar-refractivity contribution is 5.92. The zero-order chi connectivity index (χ0) is 12.1. The Balaban J connectivity index is 3.00. The maximum atomic E-state index is 13.3. The number of carbonyl (C=O) groups is 1. The van der Waals surface area contributed by atoms with E-state index in [4.69, 9.17) is 0 Å². The van der Waals surface area contributed by atoms with Crippen LogP contribution in [0.5, 0.6) is 0 Å². The third kappa shape index (κ3) is 2.76. The van der Waals surface area contributed by atoms with E-state index in [1.165, 1.54) is 18.2 Å². The Labute approximate surface area is 92.3 Å². The molecule has 4 heteroatoms. The van der Waals surface area contributed by atoms with Crippen molar-refractivity contribution in [2.45, 2.75) is 6.42 Å². The molecule has 0 radical (unpaired) electrons. The molecule has 1 rings (SSSR count). The first-order chi connectivity index (χ1) is 7.58. The molecule has 1 N–H and O–H groups in total. The summed E-state index contributed by atoms with van der Waals surface area (Å²) in [4.78, 5) is 11.2. The highest BCUT2D eigenvalue weighted by Crippen LogP contribution is 2.20. The summed E-state index contributed by atoms with van der Waals surface area (Å²) in [7, 11) is 0. The second-order valence-corrected chi connectivity index (χ2v) is 3.10. The number of nitrogens with one attached hydrogen (secondary N) is 1. The quantitative estimate of drug-likeness (QED) is 0.780. The molecule has 0 spiro atoms. The van der Waals surface area contributed by atoms with E-state index in [9.17, 15) is 13.6 Å². The average Bonchev–Trinajstić information content (AvgIpc) is 2.22. The maximum Gasteiger partial charge on any atom is 0.228 e. The molecule has 0 saturated carbocycles. The Morgan fingerprint density at radius 1 is 1.31 bits per heavy atom. The molecule has 0 saturated heterocycles. The molecule has 0 aliphatic carbocycles. The molecule has 0 atom stereocenters. The van der Waals surface area contributed by atoms with Gasteiger partial charge in [0.1, 0.15) is 11.6 Å². The van der Waals surface area contributed by atoms with Crippen LogP contribution in [0.15, 0.2) is 31.4 Å². The summed E-state index contributed by atoms with van der Waals surface area (Å²) >= 11 is 0. The molecule has 1 amide bonds. The van der Waals surface area contributed by atoms with Crippen LogP contribution in [0, 0.1) is 11.6 Å². The minimum atomic E-state index is -0.819. The van der Waals surface area contributed by atoms with Crippen LogP contribution < -0.4 is 5.32 Å². The first-order valence-corrected chi connectivity index (χ1v) is 4.60. The van der Waals surface area contributed by atoms with Gasteiger partial charge in [-0.25, -0.2) is 8.78 Å². The molecular weight excluding hydrogens is 212 g/mol. The van der Waals surface area contributed by atoms with Crippen LogP contribution in [0.25, 0.3) is 6.08 Å².